The molecule has 0 aliphatic heterocycles. The molecule has 0 fully saturated rings. The van der Waals surface area contributed by atoms with Crippen molar-refractivity contribution in [2.24, 2.45) is 0 Å². The maximum Gasteiger partial charge on any atom is 0.261 e. The lowest BCUT2D eigenvalue weighted by atomic mass is 10.1. The number of amides is 2. The molecule has 150 valence electrons. The monoisotopic (exact) mass is 382 g/mol. The average Bonchev–Trinajstić information content (AvgIpc) is 2.68. The van der Waals surface area contributed by atoms with Crippen molar-refractivity contribution in [2.45, 2.75) is 47.2 Å². The summed E-state index contributed by atoms with van der Waals surface area (Å²) in [6.07, 6.45) is 0. The molecule has 2 amide bonds. The van der Waals surface area contributed by atoms with Crippen molar-refractivity contribution in [3.63, 3.8) is 0 Å². The van der Waals surface area contributed by atoms with Gasteiger partial charge in [0.15, 0.2) is 6.61 Å². The van der Waals surface area contributed by atoms with E-state index < -0.39 is 6.04 Å². The summed E-state index contributed by atoms with van der Waals surface area (Å²) in [5.41, 5.74) is 4.22. The zero-order valence-corrected chi connectivity index (χ0v) is 17.4. The van der Waals surface area contributed by atoms with Crippen molar-refractivity contribution in [2.75, 3.05) is 13.2 Å². The fraction of sp³-hybridized carbons (Fsp3) is 0.391. The second-order valence-electron chi connectivity index (χ2n) is 7.01. The zero-order valence-electron chi connectivity index (χ0n) is 17.4. The van der Waals surface area contributed by atoms with Crippen LogP contribution in [0.4, 0.5) is 0 Å². The number of hydrogen-bond donors (Lipinski definition) is 1. The molecule has 0 bridgehead atoms. The van der Waals surface area contributed by atoms with Gasteiger partial charge in [0.05, 0.1) is 0 Å². The van der Waals surface area contributed by atoms with Crippen LogP contribution in [0.25, 0.3) is 0 Å². The van der Waals surface area contributed by atoms with E-state index in [1.807, 2.05) is 70.2 Å². The van der Waals surface area contributed by atoms with E-state index in [4.69, 9.17) is 4.74 Å². The summed E-state index contributed by atoms with van der Waals surface area (Å²) in [6.45, 7) is 10.4. The Hall–Kier alpha value is -2.82. The molecule has 2 aromatic carbocycles. The lowest BCUT2D eigenvalue weighted by molar-refractivity contribution is -0.142. The maximum absolute atomic E-state index is 13.0. The number of benzene rings is 2. The van der Waals surface area contributed by atoms with Crippen LogP contribution in [0, 0.1) is 20.8 Å². The Balaban J connectivity index is 2.19. The molecule has 0 aliphatic carbocycles. The predicted octanol–water partition coefficient (Wildman–Crippen LogP) is 3.54. The van der Waals surface area contributed by atoms with Gasteiger partial charge in [-0.2, -0.15) is 0 Å². The number of nitrogens with one attached hydrogen (secondary N) is 1. The van der Waals surface area contributed by atoms with E-state index in [1.165, 1.54) is 0 Å². The molecule has 0 spiro atoms. The summed E-state index contributed by atoms with van der Waals surface area (Å²) in [5, 5.41) is 2.80. The van der Waals surface area contributed by atoms with Crippen molar-refractivity contribution in [3.05, 3.63) is 64.7 Å². The van der Waals surface area contributed by atoms with Crippen LogP contribution in [0.15, 0.2) is 42.5 Å². The third kappa shape index (κ3) is 5.35. The standard InChI is InChI=1S/C23H30N2O3/c1-6-24-23(27)19(5)25(14-20-12-8-7-10-17(20)3)22(26)15-28-21-13-9-11-16(2)18(21)4/h7-13,19H,6,14-15H2,1-5H3,(H,24,27). The number of hydrogen-bond acceptors (Lipinski definition) is 3. The molecule has 5 nitrogen and oxygen atoms in total. The highest BCUT2D eigenvalue weighted by Gasteiger charge is 2.26. The van der Waals surface area contributed by atoms with Gasteiger partial charge in [-0.25, -0.2) is 0 Å². The molecule has 2 aromatic rings. The van der Waals surface area contributed by atoms with Gasteiger partial charge < -0.3 is 15.0 Å². The number of carbonyl (C=O) groups excluding carboxylic acids is 2. The number of rotatable bonds is 8. The van der Waals surface area contributed by atoms with Crippen molar-refractivity contribution >= 4 is 11.8 Å². The van der Waals surface area contributed by atoms with Crippen LogP contribution in [0.3, 0.4) is 0 Å². The van der Waals surface area contributed by atoms with Crippen molar-refractivity contribution in [3.8, 4) is 5.75 Å². The first-order chi connectivity index (χ1) is 13.3. The Morgan fingerprint density at radius 3 is 2.39 bits per heavy atom. The van der Waals surface area contributed by atoms with E-state index in [-0.39, 0.29) is 18.4 Å². The third-order valence-electron chi connectivity index (χ3n) is 5.03. The van der Waals surface area contributed by atoms with E-state index in [0.717, 1.165) is 22.3 Å². The van der Waals surface area contributed by atoms with Crippen LogP contribution in [-0.4, -0.2) is 35.9 Å². The smallest absolute Gasteiger partial charge is 0.261 e. The van der Waals surface area contributed by atoms with Gasteiger partial charge >= 0.3 is 0 Å². The first kappa shape index (κ1) is 21.5. The molecule has 28 heavy (non-hydrogen) atoms. The SMILES string of the molecule is CCNC(=O)C(C)N(Cc1ccccc1C)C(=O)COc1cccc(C)c1C. The van der Waals surface area contributed by atoms with Gasteiger partial charge in [0, 0.05) is 13.1 Å². The lowest BCUT2D eigenvalue weighted by Gasteiger charge is -2.29. The highest BCUT2D eigenvalue weighted by Crippen LogP contribution is 2.21. The molecule has 2 rings (SSSR count). The predicted molar refractivity (Wildman–Crippen MR) is 111 cm³/mol. The van der Waals surface area contributed by atoms with Gasteiger partial charge in [0.25, 0.3) is 5.91 Å². The van der Waals surface area contributed by atoms with E-state index in [9.17, 15) is 9.59 Å². The minimum atomic E-state index is -0.589. The first-order valence-corrected chi connectivity index (χ1v) is 9.65. The van der Waals surface area contributed by atoms with Gasteiger partial charge in [0.2, 0.25) is 5.91 Å². The number of aryl methyl sites for hydroxylation is 2. The third-order valence-corrected chi connectivity index (χ3v) is 5.03. The minimum Gasteiger partial charge on any atom is -0.483 e. The molecule has 0 aliphatic rings. The zero-order chi connectivity index (χ0) is 20.7. The topological polar surface area (TPSA) is 58.6 Å². The molecular formula is C23H30N2O3. The number of ether oxygens (including phenoxy) is 1. The molecule has 1 N–H and O–H groups in total. The second-order valence-corrected chi connectivity index (χ2v) is 7.01. The molecular weight excluding hydrogens is 352 g/mol. The summed E-state index contributed by atoms with van der Waals surface area (Å²) >= 11 is 0. The molecule has 0 aromatic heterocycles. The van der Waals surface area contributed by atoms with Crippen LogP contribution in [0.1, 0.15) is 36.1 Å². The maximum atomic E-state index is 13.0. The molecule has 5 heteroatoms. The van der Waals surface area contributed by atoms with Crippen LogP contribution in [0.2, 0.25) is 0 Å². The largest absolute Gasteiger partial charge is 0.483 e. The summed E-state index contributed by atoms with van der Waals surface area (Å²) in [5.74, 6) is 0.300. The van der Waals surface area contributed by atoms with E-state index >= 15 is 0 Å². The Kier molecular flexibility index (Phi) is 7.61. The Bertz CT molecular complexity index is 832. The van der Waals surface area contributed by atoms with Crippen molar-refractivity contribution < 1.29 is 14.3 Å². The Morgan fingerprint density at radius 2 is 1.71 bits per heavy atom. The molecule has 0 radical (unpaired) electrons. The molecule has 0 saturated carbocycles. The molecule has 0 saturated heterocycles. The minimum absolute atomic E-state index is 0.111. The summed E-state index contributed by atoms with van der Waals surface area (Å²) in [7, 11) is 0. The average molecular weight is 383 g/mol. The summed E-state index contributed by atoms with van der Waals surface area (Å²) < 4.78 is 5.80. The number of likely N-dealkylation sites (N-methyl/N-ethyl adjacent to an activating group) is 1. The molecule has 1 unspecified atom stereocenters. The number of carbonyl (C=O) groups is 2. The van der Waals surface area contributed by atoms with E-state index in [1.54, 1.807) is 11.8 Å². The highest BCUT2D eigenvalue weighted by molar-refractivity contribution is 5.88. The Labute approximate surface area is 167 Å². The second kappa shape index (κ2) is 9.93. The Morgan fingerprint density at radius 1 is 1.04 bits per heavy atom. The molecule has 0 heterocycles. The summed E-state index contributed by atoms with van der Waals surface area (Å²) in [6, 6.07) is 13.1. The lowest BCUT2D eigenvalue weighted by Crippen LogP contribution is -2.49. The van der Waals surface area contributed by atoms with Crippen LogP contribution < -0.4 is 10.1 Å². The van der Waals surface area contributed by atoms with E-state index in [0.29, 0.717) is 18.8 Å². The van der Waals surface area contributed by atoms with E-state index in [2.05, 4.69) is 5.32 Å². The molecule has 1 atom stereocenters. The van der Waals surface area contributed by atoms with Gasteiger partial charge in [-0.15, -0.1) is 0 Å². The number of nitrogens with zero attached hydrogens (tertiary/aromatic N) is 1. The fourth-order valence-electron chi connectivity index (χ4n) is 2.98. The van der Waals surface area contributed by atoms with Gasteiger partial charge in [0.1, 0.15) is 11.8 Å². The van der Waals surface area contributed by atoms with Gasteiger partial charge in [-0.3, -0.25) is 9.59 Å². The van der Waals surface area contributed by atoms with Gasteiger partial charge in [-0.05, 0) is 62.9 Å². The quantitative estimate of drug-likeness (QED) is 0.760. The fourth-order valence-corrected chi connectivity index (χ4v) is 2.98. The summed E-state index contributed by atoms with van der Waals surface area (Å²) in [4.78, 5) is 27.0. The van der Waals surface area contributed by atoms with Crippen molar-refractivity contribution in [1.82, 2.24) is 10.2 Å². The highest BCUT2D eigenvalue weighted by atomic mass is 16.5. The van der Waals surface area contributed by atoms with Crippen molar-refractivity contribution in [1.29, 1.82) is 0 Å². The van der Waals surface area contributed by atoms with Gasteiger partial charge in [-0.1, -0.05) is 36.4 Å². The first-order valence-electron chi connectivity index (χ1n) is 9.65. The van der Waals surface area contributed by atoms with Crippen LogP contribution in [-0.2, 0) is 16.1 Å². The van der Waals surface area contributed by atoms with Crippen LogP contribution >= 0.6 is 0 Å². The normalized spacial score (nSPS) is 11.6. The van der Waals surface area contributed by atoms with Crippen LogP contribution in [0.5, 0.6) is 5.75 Å².